The molecule has 0 aliphatic heterocycles. The molecule has 1 N–H and O–H groups in total. The zero-order chi connectivity index (χ0) is 22.1. The summed E-state index contributed by atoms with van der Waals surface area (Å²) in [6.07, 6.45) is 12.2. The molecule has 1 saturated carbocycles. The number of ether oxygens (including phenoxy) is 1. The second kappa shape index (κ2) is 8.27. The summed E-state index contributed by atoms with van der Waals surface area (Å²) in [4.78, 5) is 18.0. The van der Waals surface area contributed by atoms with E-state index in [0.29, 0.717) is 11.3 Å². The molecule has 2 aliphatic carbocycles. The summed E-state index contributed by atoms with van der Waals surface area (Å²) >= 11 is 0. The van der Waals surface area contributed by atoms with Gasteiger partial charge in [-0.3, -0.25) is 9.78 Å². The fraction of sp³-hybridized carbons (Fsp3) is 0.286. The molecule has 0 saturated heterocycles. The Bertz CT molecular complexity index is 1240. The number of hydrogen-bond donors (Lipinski definition) is 1. The molecule has 1 fully saturated rings. The summed E-state index contributed by atoms with van der Waals surface area (Å²) in [7, 11) is 0. The third kappa shape index (κ3) is 3.81. The lowest BCUT2D eigenvalue weighted by Gasteiger charge is -2.23. The average molecular weight is 425 g/mol. The number of nitrogens with one attached hydrogen (secondary N) is 1. The summed E-state index contributed by atoms with van der Waals surface area (Å²) in [5.41, 5.74) is 6.00. The quantitative estimate of drug-likeness (QED) is 0.463. The van der Waals surface area contributed by atoms with Crippen molar-refractivity contribution in [1.82, 2.24) is 10.3 Å². The minimum absolute atomic E-state index is 0.0752. The minimum Gasteiger partial charge on any atom is -0.466 e. The van der Waals surface area contributed by atoms with Crippen molar-refractivity contribution in [3.05, 3.63) is 89.8 Å². The summed E-state index contributed by atoms with van der Waals surface area (Å²) < 4.78 is 5.39. The third-order valence-corrected chi connectivity index (χ3v) is 6.67. The number of nitrogens with zero attached hydrogens (tertiary/aromatic N) is 1. The normalized spacial score (nSPS) is 16.8. The zero-order valence-electron chi connectivity index (χ0n) is 18.5. The van der Waals surface area contributed by atoms with Gasteiger partial charge < -0.3 is 10.1 Å². The van der Waals surface area contributed by atoms with Crippen molar-refractivity contribution in [2.24, 2.45) is 0 Å². The molecule has 0 radical (unpaired) electrons. The third-order valence-electron chi connectivity index (χ3n) is 6.67. The first kappa shape index (κ1) is 20.5. The van der Waals surface area contributed by atoms with Crippen molar-refractivity contribution in [2.45, 2.75) is 51.0 Å². The summed E-state index contributed by atoms with van der Waals surface area (Å²) in [6, 6.07) is 14.1. The van der Waals surface area contributed by atoms with Crippen molar-refractivity contribution in [3.8, 4) is 5.75 Å². The largest absolute Gasteiger partial charge is 0.466 e. The van der Waals surface area contributed by atoms with Crippen LogP contribution < -0.4 is 10.1 Å². The standard InChI is InChI=1S/C28H28N2O2/c1-3-32-22-12-11-19(2)24(18-22)27(31)30-28(13-14-28)25-16-21(20-8-5-4-6-9-20)17-26-23(25)10-7-15-29-26/h3,7-8,10-12,15-18H,1,4-6,9,13-14H2,2H3,(H,30,31). The van der Waals surface area contributed by atoms with Crippen LogP contribution in [-0.2, 0) is 5.54 Å². The van der Waals surface area contributed by atoms with Gasteiger partial charge in [0, 0.05) is 17.1 Å². The number of carbonyl (C=O) groups excluding carboxylic acids is 1. The van der Waals surface area contributed by atoms with Crippen LogP contribution in [-0.4, -0.2) is 10.9 Å². The molecular formula is C28H28N2O2. The fourth-order valence-electron chi connectivity index (χ4n) is 4.75. The maximum atomic E-state index is 13.4. The number of amides is 1. The van der Waals surface area contributed by atoms with E-state index < -0.39 is 0 Å². The van der Waals surface area contributed by atoms with E-state index in [2.05, 4.69) is 41.2 Å². The lowest BCUT2D eigenvalue weighted by Crippen LogP contribution is -2.35. The Morgan fingerprint density at radius 1 is 1.19 bits per heavy atom. The molecule has 3 aromatic rings. The molecule has 0 bridgehead atoms. The maximum Gasteiger partial charge on any atom is 0.252 e. The highest BCUT2D eigenvalue weighted by atomic mass is 16.5. The van der Waals surface area contributed by atoms with Crippen LogP contribution >= 0.6 is 0 Å². The highest BCUT2D eigenvalue weighted by Crippen LogP contribution is 2.49. The van der Waals surface area contributed by atoms with Gasteiger partial charge in [0.2, 0.25) is 0 Å². The van der Waals surface area contributed by atoms with Gasteiger partial charge >= 0.3 is 0 Å². The van der Waals surface area contributed by atoms with Crippen LogP contribution in [0.4, 0.5) is 0 Å². The van der Waals surface area contributed by atoms with E-state index in [-0.39, 0.29) is 11.4 Å². The summed E-state index contributed by atoms with van der Waals surface area (Å²) in [5.74, 6) is 0.537. The van der Waals surface area contributed by atoms with Gasteiger partial charge in [-0.25, -0.2) is 0 Å². The number of pyridine rings is 1. The van der Waals surface area contributed by atoms with Crippen LogP contribution in [0.15, 0.2) is 67.6 Å². The number of benzene rings is 2. The summed E-state index contributed by atoms with van der Waals surface area (Å²) in [5, 5.41) is 4.48. The highest BCUT2D eigenvalue weighted by molar-refractivity contribution is 5.97. The van der Waals surface area contributed by atoms with Crippen LogP contribution in [0.2, 0.25) is 0 Å². The van der Waals surface area contributed by atoms with Crippen molar-refractivity contribution in [3.63, 3.8) is 0 Å². The monoisotopic (exact) mass is 424 g/mol. The smallest absolute Gasteiger partial charge is 0.252 e. The number of aryl methyl sites for hydroxylation is 1. The lowest BCUT2D eigenvalue weighted by molar-refractivity contribution is 0.0930. The predicted octanol–water partition coefficient (Wildman–Crippen LogP) is 6.44. The Kier molecular flexibility index (Phi) is 5.30. The van der Waals surface area contributed by atoms with Crippen LogP contribution in [0, 0.1) is 6.92 Å². The number of fused-ring (bicyclic) bond motifs is 1. The molecule has 1 aromatic heterocycles. The van der Waals surface area contributed by atoms with Crippen molar-refractivity contribution in [1.29, 1.82) is 0 Å². The number of aromatic nitrogens is 1. The SMILES string of the molecule is C=COc1ccc(C)c(C(=O)NC2(c3cc(C4=CCCCC4)cc4ncccc34)CC2)c1. The lowest BCUT2D eigenvalue weighted by atomic mass is 9.89. The van der Waals surface area contributed by atoms with Gasteiger partial charge in [-0.2, -0.15) is 0 Å². The van der Waals surface area contributed by atoms with Gasteiger partial charge in [-0.05, 0) is 98.0 Å². The van der Waals surface area contributed by atoms with E-state index in [0.717, 1.165) is 42.1 Å². The molecule has 0 spiro atoms. The van der Waals surface area contributed by atoms with Gasteiger partial charge in [0.05, 0.1) is 17.3 Å². The van der Waals surface area contributed by atoms with Crippen LogP contribution in [0.5, 0.6) is 5.75 Å². The van der Waals surface area contributed by atoms with E-state index in [1.54, 1.807) is 6.07 Å². The van der Waals surface area contributed by atoms with Crippen LogP contribution in [0.3, 0.4) is 0 Å². The van der Waals surface area contributed by atoms with Crippen LogP contribution in [0.25, 0.3) is 16.5 Å². The minimum atomic E-state index is -0.356. The molecule has 32 heavy (non-hydrogen) atoms. The maximum absolute atomic E-state index is 13.4. The number of carbonyl (C=O) groups is 1. The fourth-order valence-corrected chi connectivity index (χ4v) is 4.75. The Morgan fingerprint density at radius 3 is 2.81 bits per heavy atom. The molecule has 4 nitrogen and oxygen atoms in total. The molecule has 1 heterocycles. The van der Waals surface area contributed by atoms with Gasteiger partial charge in [-0.1, -0.05) is 24.8 Å². The number of rotatable bonds is 6. The first-order valence-electron chi connectivity index (χ1n) is 11.4. The second-order valence-electron chi connectivity index (χ2n) is 8.87. The Hall–Kier alpha value is -3.40. The molecule has 0 atom stereocenters. The molecule has 4 heteroatoms. The number of hydrogen-bond acceptors (Lipinski definition) is 3. The van der Waals surface area contributed by atoms with Crippen LogP contribution in [0.1, 0.15) is 65.6 Å². The van der Waals surface area contributed by atoms with E-state index in [1.165, 1.54) is 35.8 Å². The van der Waals surface area contributed by atoms with Gasteiger partial charge in [0.25, 0.3) is 5.91 Å². The van der Waals surface area contributed by atoms with Crippen molar-refractivity contribution >= 4 is 22.4 Å². The molecule has 162 valence electrons. The topological polar surface area (TPSA) is 51.2 Å². The first-order chi connectivity index (χ1) is 15.6. The van der Waals surface area contributed by atoms with Crippen molar-refractivity contribution in [2.75, 3.05) is 0 Å². The Labute approximate surface area is 189 Å². The Morgan fingerprint density at radius 2 is 2.06 bits per heavy atom. The van der Waals surface area contributed by atoms with E-state index in [1.807, 2.05) is 31.3 Å². The summed E-state index contributed by atoms with van der Waals surface area (Å²) in [6.45, 7) is 5.55. The van der Waals surface area contributed by atoms with E-state index in [9.17, 15) is 4.79 Å². The molecular weight excluding hydrogens is 396 g/mol. The molecule has 5 rings (SSSR count). The van der Waals surface area contributed by atoms with E-state index in [4.69, 9.17) is 4.74 Å². The molecule has 2 aliphatic rings. The second-order valence-corrected chi connectivity index (χ2v) is 8.87. The number of allylic oxidation sites excluding steroid dienone is 2. The molecule has 2 aromatic carbocycles. The van der Waals surface area contributed by atoms with Crippen molar-refractivity contribution < 1.29 is 9.53 Å². The van der Waals surface area contributed by atoms with Gasteiger partial charge in [0.1, 0.15) is 5.75 Å². The van der Waals surface area contributed by atoms with Gasteiger partial charge in [-0.15, -0.1) is 0 Å². The Balaban J connectivity index is 1.54. The highest BCUT2D eigenvalue weighted by Gasteiger charge is 2.47. The zero-order valence-corrected chi connectivity index (χ0v) is 18.5. The molecule has 1 amide bonds. The first-order valence-corrected chi connectivity index (χ1v) is 11.4. The van der Waals surface area contributed by atoms with E-state index >= 15 is 0 Å². The predicted molar refractivity (Wildman–Crippen MR) is 129 cm³/mol. The average Bonchev–Trinajstić information content (AvgIpc) is 3.60. The van der Waals surface area contributed by atoms with Gasteiger partial charge in [0.15, 0.2) is 0 Å². The molecule has 0 unspecified atom stereocenters.